The second kappa shape index (κ2) is 5.96. The van der Waals surface area contributed by atoms with Gasteiger partial charge in [-0.3, -0.25) is 4.90 Å². The number of aromatic hydroxyl groups is 1. The normalized spacial score (nSPS) is 18.7. The van der Waals surface area contributed by atoms with Gasteiger partial charge < -0.3 is 9.84 Å². The summed E-state index contributed by atoms with van der Waals surface area (Å²) < 4.78 is 5.95. The van der Waals surface area contributed by atoms with Crippen molar-refractivity contribution < 1.29 is 9.84 Å². The van der Waals surface area contributed by atoms with Gasteiger partial charge in [-0.25, -0.2) is 0 Å². The molecule has 0 fully saturated rings. The molecule has 0 amide bonds. The molecule has 0 unspecified atom stereocenters. The van der Waals surface area contributed by atoms with Gasteiger partial charge in [0.2, 0.25) is 0 Å². The van der Waals surface area contributed by atoms with Crippen LogP contribution in [-0.4, -0.2) is 22.7 Å². The summed E-state index contributed by atoms with van der Waals surface area (Å²) in [7, 11) is 0. The lowest BCUT2D eigenvalue weighted by Gasteiger charge is -2.22. The molecular formula is C17H18ClNO2. The van der Waals surface area contributed by atoms with Gasteiger partial charge in [0.15, 0.2) is 0 Å². The molecule has 1 heterocycles. The monoisotopic (exact) mass is 303 g/mol. The average molecular weight is 304 g/mol. The predicted molar refractivity (Wildman–Crippen MR) is 83.8 cm³/mol. The topological polar surface area (TPSA) is 32.7 Å². The van der Waals surface area contributed by atoms with Crippen LogP contribution in [0.15, 0.2) is 42.5 Å². The van der Waals surface area contributed by atoms with Gasteiger partial charge in [0.05, 0.1) is 0 Å². The lowest BCUT2D eigenvalue weighted by molar-refractivity contribution is 0.155. The summed E-state index contributed by atoms with van der Waals surface area (Å²) >= 11 is 6.09. The minimum atomic E-state index is 0.0956. The molecule has 0 spiro atoms. The zero-order chi connectivity index (χ0) is 14.8. The van der Waals surface area contributed by atoms with Crippen molar-refractivity contribution in [3.63, 3.8) is 0 Å². The number of hydrogen-bond acceptors (Lipinski definition) is 3. The van der Waals surface area contributed by atoms with E-state index < -0.39 is 0 Å². The van der Waals surface area contributed by atoms with Crippen molar-refractivity contribution >= 4 is 11.6 Å². The smallest absolute Gasteiger partial charge is 0.124 e. The minimum absolute atomic E-state index is 0.0956. The molecule has 0 bridgehead atoms. The molecule has 4 heteroatoms. The van der Waals surface area contributed by atoms with E-state index in [0.29, 0.717) is 12.3 Å². The highest BCUT2D eigenvalue weighted by Crippen LogP contribution is 2.29. The Hall–Kier alpha value is -1.71. The average Bonchev–Trinajstić information content (AvgIpc) is 2.59. The van der Waals surface area contributed by atoms with Gasteiger partial charge in [0, 0.05) is 35.8 Å². The van der Waals surface area contributed by atoms with Gasteiger partial charge in [-0.2, -0.15) is 0 Å². The van der Waals surface area contributed by atoms with Crippen molar-refractivity contribution in [1.29, 1.82) is 0 Å². The van der Waals surface area contributed by atoms with E-state index in [2.05, 4.69) is 11.8 Å². The summed E-state index contributed by atoms with van der Waals surface area (Å²) in [5.41, 5.74) is 2.01. The minimum Gasteiger partial charge on any atom is -0.508 e. The lowest BCUT2D eigenvalue weighted by Crippen LogP contribution is -2.30. The van der Waals surface area contributed by atoms with Crippen LogP contribution < -0.4 is 4.74 Å². The molecule has 2 aromatic carbocycles. The fraction of sp³-hybridized carbons (Fsp3) is 0.294. The molecular weight excluding hydrogens is 286 g/mol. The molecule has 0 radical (unpaired) electrons. The number of phenols is 1. The van der Waals surface area contributed by atoms with Crippen LogP contribution >= 0.6 is 11.6 Å². The molecule has 1 N–H and O–H groups in total. The van der Waals surface area contributed by atoms with Crippen molar-refractivity contribution in [3.8, 4) is 11.5 Å². The highest BCUT2D eigenvalue weighted by molar-refractivity contribution is 6.30. The van der Waals surface area contributed by atoms with Crippen LogP contribution in [0, 0.1) is 0 Å². The highest BCUT2D eigenvalue weighted by atomic mass is 35.5. The van der Waals surface area contributed by atoms with Gasteiger partial charge in [-0.1, -0.05) is 29.8 Å². The van der Waals surface area contributed by atoms with E-state index >= 15 is 0 Å². The molecule has 21 heavy (non-hydrogen) atoms. The van der Waals surface area contributed by atoms with E-state index in [-0.39, 0.29) is 6.10 Å². The largest absolute Gasteiger partial charge is 0.508 e. The molecule has 0 aromatic heterocycles. The van der Waals surface area contributed by atoms with E-state index in [1.54, 1.807) is 6.07 Å². The number of halogens is 1. The Morgan fingerprint density at radius 1 is 1.29 bits per heavy atom. The number of rotatable bonds is 2. The van der Waals surface area contributed by atoms with Crippen molar-refractivity contribution in [2.45, 2.75) is 26.1 Å². The first-order chi connectivity index (χ1) is 10.1. The molecule has 3 rings (SSSR count). The molecule has 1 aliphatic heterocycles. The summed E-state index contributed by atoms with van der Waals surface area (Å²) in [6.07, 6.45) is 0.0956. The van der Waals surface area contributed by atoms with Gasteiger partial charge in [0.1, 0.15) is 17.6 Å². The predicted octanol–water partition coefficient (Wildman–Crippen LogP) is 3.83. The second-order valence-electron chi connectivity index (χ2n) is 5.48. The lowest BCUT2D eigenvalue weighted by atomic mass is 10.1. The first-order valence-electron chi connectivity index (χ1n) is 7.06. The summed E-state index contributed by atoms with van der Waals surface area (Å²) in [5, 5.41) is 10.7. The number of fused-ring (bicyclic) bond motifs is 1. The van der Waals surface area contributed by atoms with Crippen LogP contribution in [-0.2, 0) is 13.1 Å². The van der Waals surface area contributed by atoms with E-state index in [1.165, 1.54) is 0 Å². The maximum atomic E-state index is 9.94. The molecule has 0 saturated carbocycles. The Bertz CT molecular complexity index is 644. The number of phenolic OH excluding ortho intramolecular Hbond substituents is 1. The van der Waals surface area contributed by atoms with Gasteiger partial charge >= 0.3 is 0 Å². The zero-order valence-electron chi connectivity index (χ0n) is 11.9. The maximum Gasteiger partial charge on any atom is 0.124 e. The first-order valence-corrected chi connectivity index (χ1v) is 7.44. The van der Waals surface area contributed by atoms with Crippen molar-refractivity contribution in [1.82, 2.24) is 4.90 Å². The van der Waals surface area contributed by atoms with E-state index in [0.717, 1.165) is 35.0 Å². The summed E-state index contributed by atoms with van der Waals surface area (Å²) in [5.74, 6) is 1.23. The third kappa shape index (κ3) is 3.31. The van der Waals surface area contributed by atoms with Crippen LogP contribution in [0.2, 0.25) is 5.02 Å². The van der Waals surface area contributed by atoms with Crippen molar-refractivity contribution in [2.75, 3.05) is 6.54 Å². The molecule has 0 saturated heterocycles. The Kier molecular flexibility index (Phi) is 4.04. The number of ether oxygens (including phenoxy) is 1. The molecule has 1 atom stereocenters. The van der Waals surface area contributed by atoms with Crippen molar-refractivity contribution in [2.24, 2.45) is 0 Å². The number of para-hydroxylation sites is 1. The third-order valence-electron chi connectivity index (χ3n) is 3.65. The molecule has 3 nitrogen and oxygen atoms in total. The first kappa shape index (κ1) is 14.2. The quantitative estimate of drug-likeness (QED) is 0.915. The third-order valence-corrected chi connectivity index (χ3v) is 3.88. The van der Waals surface area contributed by atoms with Crippen LogP contribution in [0.3, 0.4) is 0 Å². The Morgan fingerprint density at radius 3 is 2.90 bits per heavy atom. The van der Waals surface area contributed by atoms with Gasteiger partial charge in [0.25, 0.3) is 0 Å². The molecule has 110 valence electrons. The second-order valence-corrected chi connectivity index (χ2v) is 5.92. The van der Waals surface area contributed by atoms with E-state index in [1.807, 2.05) is 36.4 Å². The SMILES string of the molecule is C[C@H]1CN(Cc2ccccc2O)Cc2cc(Cl)ccc2O1. The summed E-state index contributed by atoms with van der Waals surface area (Å²) in [4.78, 5) is 2.27. The van der Waals surface area contributed by atoms with E-state index in [9.17, 15) is 5.11 Å². The molecule has 1 aliphatic rings. The Labute approximate surface area is 129 Å². The Morgan fingerprint density at radius 2 is 2.10 bits per heavy atom. The van der Waals surface area contributed by atoms with Crippen LogP contribution in [0.25, 0.3) is 0 Å². The van der Waals surface area contributed by atoms with Crippen LogP contribution in [0.5, 0.6) is 11.5 Å². The summed E-state index contributed by atoms with van der Waals surface area (Å²) in [6.45, 7) is 4.31. The standard InChI is InChI=1S/C17H18ClNO2/c1-12-9-19(10-13-4-2-3-5-16(13)20)11-14-8-15(18)6-7-17(14)21-12/h2-8,12,20H,9-11H2,1H3/t12-/m0/s1. The number of hydrogen-bond donors (Lipinski definition) is 1. The van der Waals surface area contributed by atoms with Gasteiger partial charge in [-0.15, -0.1) is 0 Å². The van der Waals surface area contributed by atoms with Crippen molar-refractivity contribution in [3.05, 3.63) is 58.6 Å². The highest BCUT2D eigenvalue weighted by Gasteiger charge is 2.21. The van der Waals surface area contributed by atoms with Gasteiger partial charge in [-0.05, 0) is 31.2 Å². The fourth-order valence-corrected chi connectivity index (χ4v) is 2.91. The van der Waals surface area contributed by atoms with Crippen LogP contribution in [0.1, 0.15) is 18.1 Å². The number of nitrogens with zero attached hydrogens (tertiary/aromatic N) is 1. The Balaban J connectivity index is 1.85. The number of benzene rings is 2. The van der Waals surface area contributed by atoms with Crippen LogP contribution in [0.4, 0.5) is 0 Å². The molecule has 0 aliphatic carbocycles. The van der Waals surface area contributed by atoms with E-state index in [4.69, 9.17) is 16.3 Å². The fourth-order valence-electron chi connectivity index (χ4n) is 2.72. The zero-order valence-corrected chi connectivity index (χ0v) is 12.7. The maximum absolute atomic E-state index is 9.94. The molecule has 2 aromatic rings. The summed E-state index contributed by atoms with van der Waals surface area (Å²) in [6, 6.07) is 13.2.